The van der Waals surface area contributed by atoms with E-state index in [9.17, 15) is 0 Å². The molecule has 10 aromatic carbocycles. The largest absolute Gasteiger partial charge is 0.309 e. The molecule has 262 valence electrons. The molecule has 0 amide bonds. The van der Waals surface area contributed by atoms with Crippen molar-refractivity contribution in [3.05, 3.63) is 247 Å². The number of hydrogen-bond acceptors (Lipinski definition) is 1. The highest BCUT2D eigenvalue weighted by Crippen LogP contribution is 2.60. The van der Waals surface area contributed by atoms with Gasteiger partial charge in [-0.1, -0.05) is 200 Å². The molecule has 0 unspecified atom stereocenters. The second-order valence-electron chi connectivity index (χ2n) is 14.8. The van der Waals surface area contributed by atoms with Crippen molar-refractivity contribution in [2.45, 2.75) is 5.41 Å². The molecule has 0 saturated heterocycles. The molecular weight excluding hydrogens is 675 g/mol. The lowest BCUT2D eigenvalue weighted by Crippen LogP contribution is -2.28. The summed E-state index contributed by atoms with van der Waals surface area (Å²) in [6.07, 6.45) is 0. The van der Waals surface area contributed by atoms with E-state index < -0.39 is 5.41 Å². The third kappa shape index (κ3) is 4.74. The van der Waals surface area contributed by atoms with Crippen LogP contribution in [0.15, 0.2) is 224 Å². The molecule has 0 aliphatic heterocycles. The van der Waals surface area contributed by atoms with E-state index in [0.717, 1.165) is 17.1 Å². The zero-order valence-corrected chi connectivity index (χ0v) is 30.8. The van der Waals surface area contributed by atoms with Crippen LogP contribution in [-0.2, 0) is 5.41 Å². The Balaban J connectivity index is 1.26. The minimum Gasteiger partial charge on any atom is -0.309 e. The van der Waals surface area contributed by atoms with Crippen molar-refractivity contribution in [3.8, 4) is 22.3 Å². The van der Waals surface area contributed by atoms with Crippen LogP contribution in [0.4, 0.5) is 17.1 Å². The fraction of sp³-hybridized carbons (Fsp3) is 0.0182. The van der Waals surface area contributed by atoms with Gasteiger partial charge in [-0.2, -0.15) is 0 Å². The van der Waals surface area contributed by atoms with Gasteiger partial charge in [-0.25, -0.2) is 0 Å². The number of para-hydroxylation sites is 1. The zero-order valence-electron chi connectivity index (χ0n) is 30.8. The van der Waals surface area contributed by atoms with Gasteiger partial charge >= 0.3 is 0 Å². The molecule has 1 aliphatic carbocycles. The molecule has 0 fully saturated rings. The van der Waals surface area contributed by atoms with Crippen LogP contribution in [0, 0.1) is 0 Å². The first-order chi connectivity index (χ1) is 27.8. The molecule has 0 atom stereocenters. The van der Waals surface area contributed by atoms with Crippen LogP contribution < -0.4 is 4.90 Å². The number of fused-ring (bicyclic) bond motifs is 9. The van der Waals surface area contributed by atoms with Gasteiger partial charge in [0, 0.05) is 16.8 Å². The van der Waals surface area contributed by atoms with Gasteiger partial charge in [0.2, 0.25) is 0 Å². The molecule has 0 radical (unpaired) electrons. The highest BCUT2D eigenvalue weighted by Gasteiger charge is 2.47. The lowest BCUT2D eigenvalue weighted by molar-refractivity contribution is 0.768. The van der Waals surface area contributed by atoms with E-state index in [0.29, 0.717) is 0 Å². The van der Waals surface area contributed by atoms with Crippen molar-refractivity contribution in [2.75, 3.05) is 4.90 Å². The molecule has 0 spiro atoms. The summed E-state index contributed by atoms with van der Waals surface area (Å²) in [7, 11) is 0. The fourth-order valence-electron chi connectivity index (χ4n) is 9.63. The second kappa shape index (κ2) is 13.0. The van der Waals surface area contributed by atoms with Crippen molar-refractivity contribution >= 4 is 49.4 Å². The molecule has 0 saturated carbocycles. The maximum absolute atomic E-state index is 2.52. The molecule has 1 aliphatic rings. The molecule has 56 heavy (non-hydrogen) atoms. The molecule has 0 bridgehead atoms. The first-order valence-corrected chi connectivity index (χ1v) is 19.4. The van der Waals surface area contributed by atoms with E-state index in [1.807, 2.05) is 0 Å². The lowest BCUT2D eigenvalue weighted by Gasteiger charge is -2.34. The van der Waals surface area contributed by atoms with Crippen LogP contribution in [0.5, 0.6) is 0 Å². The number of rotatable bonds is 6. The first-order valence-electron chi connectivity index (χ1n) is 19.4. The standard InChI is InChI=1S/C55H37N/c1-4-19-38(20-5-1)42-25-15-17-33-52(42)56(41-35-36-47-45-28-11-10-26-43(45)44-27-12-13-29-46(44)49(47)37-41)53-34-18-32-51-54(53)48-30-14-16-31-50(48)55(51,39-21-6-2-7-22-39)40-23-8-3-9-24-40/h1-37H. The average Bonchev–Trinajstić information content (AvgIpc) is 3.59. The highest BCUT2D eigenvalue weighted by molar-refractivity contribution is 6.26. The Morgan fingerprint density at radius 3 is 1.41 bits per heavy atom. The molecule has 1 heteroatoms. The molecular formula is C55H37N. The van der Waals surface area contributed by atoms with Gasteiger partial charge in [-0.05, 0) is 90.0 Å². The summed E-state index contributed by atoms with van der Waals surface area (Å²) in [5, 5.41) is 7.59. The Bertz CT molecular complexity index is 3000. The summed E-state index contributed by atoms with van der Waals surface area (Å²) < 4.78 is 0. The Labute approximate surface area is 327 Å². The normalized spacial score (nSPS) is 12.8. The van der Waals surface area contributed by atoms with E-state index >= 15 is 0 Å². The molecule has 0 N–H and O–H groups in total. The van der Waals surface area contributed by atoms with Gasteiger partial charge in [-0.3, -0.25) is 0 Å². The van der Waals surface area contributed by atoms with Crippen LogP contribution in [0.3, 0.4) is 0 Å². The Hall–Kier alpha value is -7.22. The van der Waals surface area contributed by atoms with E-state index in [-0.39, 0.29) is 0 Å². The molecule has 10 aromatic rings. The summed E-state index contributed by atoms with van der Waals surface area (Å²) in [5.41, 5.74) is 12.9. The summed E-state index contributed by atoms with van der Waals surface area (Å²) in [5.74, 6) is 0. The molecule has 0 heterocycles. The van der Waals surface area contributed by atoms with Gasteiger partial charge in [0.05, 0.1) is 16.8 Å². The minimum atomic E-state index is -0.506. The van der Waals surface area contributed by atoms with Gasteiger partial charge in [0.25, 0.3) is 0 Å². The SMILES string of the molecule is c1ccc(-c2ccccc2N(c2ccc3c4ccccc4c4ccccc4c3c2)c2cccc3c2-c2ccccc2C3(c2ccccc2)c2ccccc2)cc1. The predicted molar refractivity (Wildman–Crippen MR) is 236 cm³/mol. The lowest BCUT2D eigenvalue weighted by atomic mass is 9.68. The van der Waals surface area contributed by atoms with Crippen molar-refractivity contribution in [3.63, 3.8) is 0 Å². The van der Waals surface area contributed by atoms with Gasteiger partial charge in [0.1, 0.15) is 0 Å². The van der Waals surface area contributed by atoms with Crippen LogP contribution in [0.2, 0.25) is 0 Å². The highest BCUT2D eigenvalue weighted by atomic mass is 15.1. The van der Waals surface area contributed by atoms with E-state index in [4.69, 9.17) is 0 Å². The third-order valence-electron chi connectivity index (χ3n) is 11.9. The van der Waals surface area contributed by atoms with Gasteiger partial charge < -0.3 is 4.90 Å². The quantitative estimate of drug-likeness (QED) is 0.155. The number of benzene rings is 10. The van der Waals surface area contributed by atoms with E-state index in [1.54, 1.807) is 0 Å². The van der Waals surface area contributed by atoms with Crippen molar-refractivity contribution < 1.29 is 0 Å². The second-order valence-corrected chi connectivity index (χ2v) is 14.8. The maximum Gasteiger partial charge on any atom is 0.0714 e. The fourth-order valence-corrected chi connectivity index (χ4v) is 9.63. The van der Waals surface area contributed by atoms with Crippen molar-refractivity contribution in [1.82, 2.24) is 0 Å². The van der Waals surface area contributed by atoms with Crippen molar-refractivity contribution in [1.29, 1.82) is 0 Å². The van der Waals surface area contributed by atoms with Crippen LogP contribution >= 0.6 is 0 Å². The average molecular weight is 712 g/mol. The number of anilines is 3. The van der Waals surface area contributed by atoms with Gasteiger partial charge in [0.15, 0.2) is 0 Å². The number of hydrogen-bond donors (Lipinski definition) is 0. The molecule has 11 rings (SSSR count). The Morgan fingerprint density at radius 2 is 0.768 bits per heavy atom. The van der Waals surface area contributed by atoms with Crippen LogP contribution in [-0.4, -0.2) is 0 Å². The van der Waals surface area contributed by atoms with Gasteiger partial charge in [-0.15, -0.1) is 0 Å². The molecule has 0 aromatic heterocycles. The van der Waals surface area contributed by atoms with Crippen LogP contribution in [0.1, 0.15) is 22.3 Å². The summed E-state index contributed by atoms with van der Waals surface area (Å²) in [6.45, 7) is 0. The molecule has 1 nitrogen and oxygen atoms in total. The summed E-state index contributed by atoms with van der Waals surface area (Å²) >= 11 is 0. The summed E-state index contributed by atoms with van der Waals surface area (Å²) in [4.78, 5) is 2.52. The van der Waals surface area contributed by atoms with E-state index in [1.165, 1.54) is 76.8 Å². The Kier molecular flexibility index (Phi) is 7.47. The first kappa shape index (κ1) is 32.2. The summed E-state index contributed by atoms with van der Waals surface area (Å²) in [6, 6.07) is 82.6. The predicted octanol–water partition coefficient (Wildman–Crippen LogP) is 14.6. The smallest absolute Gasteiger partial charge is 0.0714 e. The monoisotopic (exact) mass is 711 g/mol. The third-order valence-corrected chi connectivity index (χ3v) is 11.9. The Morgan fingerprint density at radius 1 is 0.304 bits per heavy atom. The zero-order chi connectivity index (χ0) is 37.1. The minimum absolute atomic E-state index is 0.506. The van der Waals surface area contributed by atoms with Crippen molar-refractivity contribution in [2.24, 2.45) is 0 Å². The number of nitrogens with zero attached hydrogens (tertiary/aromatic N) is 1. The topological polar surface area (TPSA) is 3.24 Å². The maximum atomic E-state index is 2.52. The van der Waals surface area contributed by atoms with E-state index in [2.05, 4.69) is 229 Å². The van der Waals surface area contributed by atoms with Crippen LogP contribution in [0.25, 0.3) is 54.6 Å².